The summed E-state index contributed by atoms with van der Waals surface area (Å²) in [5.74, 6) is 3.02. The molecule has 3 aliphatic rings. The van der Waals surface area contributed by atoms with Gasteiger partial charge in [0.25, 0.3) is 0 Å². The van der Waals surface area contributed by atoms with E-state index in [-0.39, 0.29) is 11.5 Å². The summed E-state index contributed by atoms with van der Waals surface area (Å²) in [5, 5.41) is 3.33. The van der Waals surface area contributed by atoms with Crippen molar-refractivity contribution in [2.45, 2.75) is 57.4 Å². The van der Waals surface area contributed by atoms with E-state index in [0.29, 0.717) is 18.4 Å². The third-order valence-electron chi connectivity index (χ3n) is 5.48. The van der Waals surface area contributed by atoms with Crippen LogP contribution in [-0.4, -0.2) is 18.0 Å². The molecule has 102 valence electrons. The van der Waals surface area contributed by atoms with Crippen LogP contribution in [-0.2, 0) is 4.79 Å². The SMILES string of the molecule is CC1CCCC(CN)(NC(=O)C2CC3CC3C2)C1. The standard InChI is InChI=1S/C15H26N2O/c1-10-3-2-4-15(8-10,9-16)17-14(18)13-6-11-5-12(11)7-13/h10-13H,2-9,16H2,1H3,(H,17,18). The third-order valence-corrected chi connectivity index (χ3v) is 5.48. The van der Waals surface area contributed by atoms with Gasteiger partial charge in [0.15, 0.2) is 0 Å². The number of nitrogens with one attached hydrogen (secondary N) is 1. The van der Waals surface area contributed by atoms with Crippen LogP contribution in [0.1, 0.15) is 51.9 Å². The van der Waals surface area contributed by atoms with Gasteiger partial charge in [0.05, 0.1) is 5.54 Å². The van der Waals surface area contributed by atoms with Crippen LogP contribution in [0.25, 0.3) is 0 Å². The number of nitrogens with two attached hydrogens (primary N) is 1. The molecule has 3 saturated carbocycles. The molecule has 4 unspecified atom stereocenters. The second kappa shape index (κ2) is 4.52. The molecular weight excluding hydrogens is 224 g/mol. The van der Waals surface area contributed by atoms with Crippen LogP contribution in [0.5, 0.6) is 0 Å². The molecular formula is C15H26N2O. The number of hydrogen-bond donors (Lipinski definition) is 2. The van der Waals surface area contributed by atoms with Crippen LogP contribution in [0.15, 0.2) is 0 Å². The first kappa shape index (κ1) is 12.5. The van der Waals surface area contributed by atoms with E-state index in [1.807, 2.05) is 0 Å². The fourth-order valence-electron chi connectivity index (χ4n) is 4.30. The average molecular weight is 250 g/mol. The summed E-state index contributed by atoms with van der Waals surface area (Å²) >= 11 is 0. The molecule has 4 atom stereocenters. The van der Waals surface area contributed by atoms with Crippen molar-refractivity contribution >= 4 is 5.91 Å². The van der Waals surface area contributed by atoms with Crippen molar-refractivity contribution in [3.05, 3.63) is 0 Å². The van der Waals surface area contributed by atoms with Gasteiger partial charge in [-0.15, -0.1) is 0 Å². The minimum Gasteiger partial charge on any atom is -0.349 e. The molecule has 0 bridgehead atoms. The second-order valence-electron chi connectivity index (χ2n) is 7.10. The number of carbonyl (C=O) groups is 1. The average Bonchev–Trinajstić information content (AvgIpc) is 2.96. The van der Waals surface area contributed by atoms with Gasteiger partial charge in [0, 0.05) is 12.5 Å². The molecule has 0 spiro atoms. The zero-order valence-electron chi connectivity index (χ0n) is 11.5. The van der Waals surface area contributed by atoms with Crippen molar-refractivity contribution < 1.29 is 4.79 Å². The maximum Gasteiger partial charge on any atom is 0.223 e. The molecule has 3 nitrogen and oxygen atoms in total. The molecule has 0 heterocycles. The van der Waals surface area contributed by atoms with E-state index < -0.39 is 0 Å². The smallest absolute Gasteiger partial charge is 0.223 e. The normalized spacial score (nSPS) is 46.6. The Morgan fingerprint density at radius 3 is 2.67 bits per heavy atom. The van der Waals surface area contributed by atoms with Gasteiger partial charge in [-0.1, -0.05) is 19.8 Å². The zero-order chi connectivity index (χ0) is 12.8. The zero-order valence-corrected chi connectivity index (χ0v) is 11.5. The van der Waals surface area contributed by atoms with Crippen LogP contribution in [0, 0.1) is 23.7 Å². The van der Waals surface area contributed by atoms with Crippen molar-refractivity contribution in [3.8, 4) is 0 Å². The quantitative estimate of drug-likeness (QED) is 0.805. The van der Waals surface area contributed by atoms with Gasteiger partial charge in [-0.2, -0.15) is 0 Å². The summed E-state index contributed by atoms with van der Waals surface area (Å²) in [7, 11) is 0. The molecule has 0 aromatic carbocycles. The van der Waals surface area contributed by atoms with Crippen LogP contribution in [0.4, 0.5) is 0 Å². The number of amides is 1. The maximum absolute atomic E-state index is 12.4. The van der Waals surface area contributed by atoms with Gasteiger partial charge in [-0.3, -0.25) is 4.79 Å². The Kier molecular flexibility index (Phi) is 3.13. The minimum atomic E-state index is -0.0957. The van der Waals surface area contributed by atoms with Gasteiger partial charge in [-0.05, 0) is 49.9 Å². The van der Waals surface area contributed by atoms with Crippen LogP contribution in [0.2, 0.25) is 0 Å². The van der Waals surface area contributed by atoms with Crippen molar-refractivity contribution in [2.24, 2.45) is 29.4 Å². The molecule has 3 fully saturated rings. The van der Waals surface area contributed by atoms with E-state index in [1.54, 1.807) is 0 Å². The first-order valence-corrected chi connectivity index (χ1v) is 7.64. The first-order chi connectivity index (χ1) is 8.62. The van der Waals surface area contributed by atoms with Gasteiger partial charge in [0.1, 0.15) is 0 Å². The van der Waals surface area contributed by atoms with E-state index in [4.69, 9.17) is 5.73 Å². The van der Waals surface area contributed by atoms with Gasteiger partial charge < -0.3 is 11.1 Å². The number of hydrogen-bond acceptors (Lipinski definition) is 2. The van der Waals surface area contributed by atoms with E-state index >= 15 is 0 Å². The Morgan fingerprint density at radius 2 is 2.06 bits per heavy atom. The van der Waals surface area contributed by atoms with Gasteiger partial charge in [-0.25, -0.2) is 0 Å². The lowest BCUT2D eigenvalue weighted by atomic mass is 9.76. The van der Waals surface area contributed by atoms with E-state index in [0.717, 1.165) is 37.5 Å². The Bertz CT molecular complexity index is 333. The lowest BCUT2D eigenvalue weighted by Gasteiger charge is -2.40. The summed E-state index contributed by atoms with van der Waals surface area (Å²) in [4.78, 5) is 12.4. The molecule has 0 aromatic heterocycles. The first-order valence-electron chi connectivity index (χ1n) is 7.64. The summed E-state index contributed by atoms with van der Waals surface area (Å²) in [6, 6.07) is 0. The molecule has 0 saturated heterocycles. The summed E-state index contributed by atoms with van der Waals surface area (Å²) in [6.45, 7) is 2.88. The Labute approximate surface area is 110 Å². The number of rotatable bonds is 3. The molecule has 1 amide bonds. The van der Waals surface area contributed by atoms with Crippen molar-refractivity contribution in [1.82, 2.24) is 5.32 Å². The predicted octanol–water partition coefficient (Wildman–Crippen LogP) is 2.06. The van der Waals surface area contributed by atoms with E-state index in [1.165, 1.54) is 19.3 Å². The van der Waals surface area contributed by atoms with Crippen molar-refractivity contribution in [2.75, 3.05) is 6.54 Å². The molecule has 18 heavy (non-hydrogen) atoms. The summed E-state index contributed by atoms with van der Waals surface area (Å²) in [6.07, 6.45) is 8.26. The maximum atomic E-state index is 12.4. The number of carbonyl (C=O) groups excluding carboxylic acids is 1. The summed E-state index contributed by atoms with van der Waals surface area (Å²) in [5.41, 5.74) is 5.87. The largest absolute Gasteiger partial charge is 0.349 e. The minimum absolute atomic E-state index is 0.0957. The van der Waals surface area contributed by atoms with Gasteiger partial charge >= 0.3 is 0 Å². The highest BCUT2D eigenvalue weighted by Crippen LogP contribution is 2.54. The highest BCUT2D eigenvalue weighted by atomic mass is 16.2. The van der Waals surface area contributed by atoms with Gasteiger partial charge in [0.2, 0.25) is 5.91 Å². The molecule has 0 radical (unpaired) electrons. The molecule has 3 rings (SSSR count). The molecule has 0 aromatic rings. The Morgan fingerprint density at radius 1 is 1.33 bits per heavy atom. The molecule has 3 aliphatic carbocycles. The molecule has 3 N–H and O–H groups in total. The van der Waals surface area contributed by atoms with Crippen molar-refractivity contribution in [3.63, 3.8) is 0 Å². The van der Waals surface area contributed by atoms with Crippen LogP contribution in [0.3, 0.4) is 0 Å². The van der Waals surface area contributed by atoms with Crippen LogP contribution < -0.4 is 11.1 Å². The predicted molar refractivity (Wildman–Crippen MR) is 71.9 cm³/mol. The lowest BCUT2D eigenvalue weighted by molar-refractivity contribution is -0.127. The van der Waals surface area contributed by atoms with E-state index in [9.17, 15) is 4.79 Å². The molecule has 3 heteroatoms. The fourth-order valence-corrected chi connectivity index (χ4v) is 4.30. The second-order valence-corrected chi connectivity index (χ2v) is 7.10. The summed E-state index contributed by atoms with van der Waals surface area (Å²) < 4.78 is 0. The monoisotopic (exact) mass is 250 g/mol. The Hall–Kier alpha value is -0.570. The Balaban J connectivity index is 1.60. The number of fused-ring (bicyclic) bond motifs is 1. The fraction of sp³-hybridized carbons (Fsp3) is 0.933. The topological polar surface area (TPSA) is 55.1 Å². The highest BCUT2D eigenvalue weighted by molar-refractivity contribution is 5.80. The molecule has 0 aliphatic heterocycles. The third kappa shape index (κ3) is 2.29. The highest BCUT2D eigenvalue weighted by Gasteiger charge is 2.49. The van der Waals surface area contributed by atoms with Crippen molar-refractivity contribution in [1.29, 1.82) is 0 Å². The van der Waals surface area contributed by atoms with E-state index in [2.05, 4.69) is 12.2 Å². The lowest BCUT2D eigenvalue weighted by Crippen LogP contribution is -2.57. The van der Waals surface area contributed by atoms with Crippen LogP contribution >= 0.6 is 0 Å².